The fourth-order valence-electron chi connectivity index (χ4n) is 4.54. The van der Waals surface area contributed by atoms with Crippen molar-refractivity contribution in [3.05, 3.63) is 29.8 Å². The zero-order valence-electron chi connectivity index (χ0n) is 14.2. The highest BCUT2D eigenvalue weighted by Gasteiger charge is 2.98. The lowest BCUT2D eigenvalue weighted by atomic mass is 9.40. The topological polar surface area (TPSA) is 114 Å². The molecule has 25 heavy (non-hydrogen) atoms. The summed E-state index contributed by atoms with van der Waals surface area (Å²) in [4.78, 5) is 13.1. The number of ether oxygens (including phenoxy) is 4. The number of nitrogens with one attached hydrogen (secondary N) is 1. The summed E-state index contributed by atoms with van der Waals surface area (Å²) >= 11 is 0. The van der Waals surface area contributed by atoms with Crippen LogP contribution in [0.25, 0.3) is 0 Å². The first-order valence-corrected chi connectivity index (χ1v) is 7.43. The molecule has 1 aliphatic heterocycles. The van der Waals surface area contributed by atoms with Crippen molar-refractivity contribution in [1.29, 1.82) is 10.5 Å². The van der Waals surface area contributed by atoms with Crippen molar-refractivity contribution < 1.29 is 23.7 Å². The highest BCUT2D eigenvalue weighted by Crippen LogP contribution is 2.74. The van der Waals surface area contributed by atoms with E-state index in [4.69, 9.17) is 18.9 Å². The number of para-hydroxylation sites is 1. The first kappa shape index (κ1) is 17.3. The van der Waals surface area contributed by atoms with Gasteiger partial charge in [0.2, 0.25) is 17.1 Å². The van der Waals surface area contributed by atoms with Crippen LogP contribution in [0, 0.1) is 28.1 Å². The number of carbonyl (C=O) groups is 1. The minimum atomic E-state index is -2.05. The van der Waals surface area contributed by atoms with Gasteiger partial charge in [-0.1, -0.05) is 18.2 Å². The quantitative estimate of drug-likeness (QED) is 0.808. The number of benzene rings is 1. The number of rotatable bonds is 4. The fraction of sp³-hybridized carbons (Fsp3) is 0.471. The molecule has 1 amide bonds. The Morgan fingerprint density at radius 3 is 1.92 bits per heavy atom. The molecule has 1 unspecified atom stereocenters. The van der Waals surface area contributed by atoms with Gasteiger partial charge in [0.25, 0.3) is 5.79 Å². The van der Waals surface area contributed by atoms with Gasteiger partial charge in [0.1, 0.15) is 0 Å². The number of hydrogen-bond donors (Lipinski definition) is 1. The third kappa shape index (κ3) is 1.33. The van der Waals surface area contributed by atoms with Gasteiger partial charge >= 0.3 is 0 Å². The molecule has 8 nitrogen and oxygen atoms in total. The molecule has 1 atom stereocenters. The average Bonchev–Trinajstić information content (AvgIpc) is 2.95. The summed E-state index contributed by atoms with van der Waals surface area (Å²) in [5.74, 6) is -4.39. The molecule has 1 N–H and O–H groups in total. The molecule has 1 spiro atoms. The molecule has 0 bridgehead atoms. The van der Waals surface area contributed by atoms with Crippen molar-refractivity contribution in [3.63, 3.8) is 0 Å². The number of hydrogen-bond acceptors (Lipinski definition) is 7. The first-order valence-electron chi connectivity index (χ1n) is 7.43. The number of fused-ring (bicyclic) bond motifs is 2. The fourth-order valence-corrected chi connectivity index (χ4v) is 4.54. The Kier molecular flexibility index (Phi) is 3.64. The van der Waals surface area contributed by atoms with Gasteiger partial charge in [0, 0.05) is 34.1 Å². The van der Waals surface area contributed by atoms with Crippen LogP contribution in [0.3, 0.4) is 0 Å². The lowest BCUT2D eigenvalue weighted by Crippen LogP contribution is -2.92. The van der Waals surface area contributed by atoms with Crippen molar-refractivity contribution in [3.8, 4) is 12.1 Å². The zero-order valence-corrected chi connectivity index (χ0v) is 14.2. The molecule has 1 aromatic carbocycles. The molecule has 2 aliphatic rings. The zero-order chi connectivity index (χ0) is 18.5. The Bertz CT molecular complexity index is 802. The van der Waals surface area contributed by atoms with E-state index in [0.29, 0.717) is 11.3 Å². The van der Waals surface area contributed by atoms with Crippen LogP contribution in [-0.4, -0.2) is 45.9 Å². The Morgan fingerprint density at radius 1 is 0.920 bits per heavy atom. The number of nitrogens with zero attached hydrogens (tertiary/aromatic N) is 2. The molecule has 0 aromatic heterocycles. The molecule has 1 heterocycles. The second-order valence-electron chi connectivity index (χ2n) is 5.77. The Labute approximate surface area is 144 Å². The largest absolute Gasteiger partial charge is 0.347 e. The second kappa shape index (κ2) is 5.25. The number of methoxy groups -OCH3 is 4. The normalized spacial score (nSPS) is 26.9. The Balaban J connectivity index is 2.49. The molecule has 1 aliphatic carbocycles. The van der Waals surface area contributed by atoms with Crippen LogP contribution in [0.2, 0.25) is 0 Å². The van der Waals surface area contributed by atoms with E-state index in [2.05, 4.69) is 5.32 Å². The summed E-state index contributed by atoms with van der Waals surface area (Å²) in [5, 5.41) is 22.7. The molecule has 8 heteroatoms. The Morgan fingerprint density at radius 2 is 1.44 bits per heavy atom. The monoisotopic (exact) mass is 343 g/mol. The molecule has 1 fully saturated rings. The minimum absolute atomic E-state index is 0.413. The predicted octanol–water partition coefficient (Wildman–Crippen LogP) is 0.902. The van der Waals surface area contributed by atoms with E-state index in [1.807, 2.05) is 12.1 Å². The number of anilines is 1. The summed E-state index contributed by atoms with van der Waals surface area (Å²) in [6.07, 6.45) is 0. The van der Waals surface area contributed by atoms with E-state index in [9.17, 15) is 15.3 Å². The van der Waals surface area contributed by atoms with Gasteiger partial charge in [0.05, 0.1) is 12.1 Å². The lowest BCUT2D eigenvalue weighted by Gasteiger charge is -2.69. The SMILES string of the molecule is COC1(OC)C(C#N)(C#N)C2(C(=O)Nc3ccccc32)C1(OC)OC. The van der Waals surface area contributed by atoms with Crippen molar-refractivity contribution in [1.82, 2.24) is 0 Å². The number of amides is 1. The molecular formula is C17H17N3O5. The van der Waals surface area contributed by atoms with Crippen LogP contribution in [0.15, 0.2) is 24.3 Å². The third-order valence-electron chi connectivity index (χ3n) is 5.39. The van der Waals surface area contributed by atoms with Crippen LogP contribution in [0.5, 0.6) is 0 Å². The summed E-state index contributed by atoms with van der Waals surface area (Å²) in [7, 11) is 5.16. The molecule has 1 aromatic rings. The van der Waals surface area contributed by atoms with E-state index in [-0.39, 0.29) is 0 Å². The molecule has 0 radical (unpaired) electrons. The molecule has 130 valence electrons. The summed E-state index contributed by atoms with van der Waals surface area (Å²) in [6.45, 7) is 0. The van der Waals surface area contributed by atoms with Gasteiger partial charge in [-0.3, -0.25) is 4.79 Å². The maximum Gasteiger partial charge on any atom is 0.259 e. The maximum absolute atomic E-state index is 13.1. The van der Waals surface area contributed by atoms with Gasteiger partial charge in [-0.15, -0.1) is 0 Å². The Hall–Kier alpha value is -2.49. The van der Waals surface area contributed by atoms with Crippen molar-refractivity contribution in [2.75, 3.05) is 33.8 Å². The smallest absolute Gasteiger partial charge is 0.259 e. The van der Waals surface area contributed by atoms with Crippen molar-refractivity contribution >= 4 is 11.6 Å². The minimum Gasteiger partial charge on any atom is -0.347 e. The molecule has 3 rings (SSSR count). The first-order chi connectivity index (χ1) is 12.0. The molecule has 0 saturated heterocycles. The second-order valence-corrected chi connectivity index (χ2v) is 5.77. The maximum atomic E-state index is 13.1. The predicted molar refractivity (Wildman–Crippen MR) is 83.9 cm³/mol. The van der Waals surface area contributed by atoms with Crippen molar-refractivity contribution in [2.24, 2.45) is 5.41 Å². The van der Waals surface area contributed by atoms with Crippen LogP contribution in [0.4, 0.5) is 5.69 Å². The van der Waals surface area contributed by atoms with E-state index >= 15 is 0 Å². The van der Waals surface area contributed by atoms with Gasteiger partial charge in [-0.25, -0.2) is 0 Å². The standard InChI is InChI=1S/C17H17N3O5/c1-22-16(23-2)14(9-18,10-19)15(17(16,24-3)25-4)11-7-5-6-8-12(11)20-13(15)21/h5-8H,1-4H3,(H,20,21). The van der Waals surface area contributed by atoms with E-state index in [1.165, 1.54) is 28.4 Å². The number of carbonyl (C=O) groups excluding carboxylic acids is 1. The van der Waals surface area contributed by atoms with Crippen LogP contribution < -0.4 is 5.32 Å². The van der Waals surface area contributed by atoms with E-state index in [0.717, 1.165) is 0 Å². The number of nitriles is 2. The summed E-state index contributed by atoms with van der Waals surface area (Å²) in [6, 6.07) is 10.7. The van der Waals surface area contributed by atoms with Gasteiger partial charge in [0.15, 0.2) is 5.41 Å². The van der Waals surface area contributed by atoms with Crippen LogP contribution >= 0.6 is 0 Å². The highest BCUT2D eigenvalue weighted by molar-refractivity contribution is 6.10. The van der Waals surface area contributed by atoms with Crippen LogP contribution in [0.1, 0.15) is 5.56 Å². The molecular weight excluding hydrogens is 326 g/mol. The van der Waals surface area contributed by atoms with Crippen molar-refractivity contribution in [2.45, 2.75) is 17.0 Å². The van der Waals surface area contributed by atoms with Gasteiger partial charge in [-0.05, 0) is 11.6 Å². The van der Waals surface area contributed by atoms with E-state index in [1.54, 1.807) is 24.3 Å². The molecule has 1 saturated carbocycles. The van der Waals surface area contributed by atoms with Crippen LogP contribution in [-0.2, 0) is 29.2 Å². The third-order valence-corrected chi connectivity index (χ3v) is 5.39. The van der Waals surface area contributed by atoms with E-state index < -0.39 is 28.3 Å². The van der Waals surface area contributed by atoms with Gasteiger partial charge in [-0.2, -0.15) is 10.5 Å². The average molecular weight is 343 g/mol. The summed E-state index contributed by atoms with van der Waals surface area (Å²) < 4.78 is 22.2. The summed E-state index contributed by atoms with van der Waals surface area (Å²) in [5.41, 5.74) is -2.96. The lowest BCUT2D eigenvalue weighted by molar-refractivity contribution is -0.496. The van der Waals surface area contributed by atoms with Gasteiger partial charge < -0.3 is 24.3 Å². The highest BCUT2D eigenvalue weighted by atomic mass is 16.8.